The van der Waals surface area contributed by atoms with Gasteiger partial charge in [-0.3, -0.25) is 5.01 Å². The van der Waals surface area contributed by atoms with Crippen molar-refractivity contribution in [1.29, 1.82) is 0 Å². The number of carbonyl (C=O) groups excluding carboxylic acids is 1. The standard InChI is InChI=1S/C19H15F4N3O4S2/c1-30-17(27)18(19(21,22)23)16-15(14-7-2-11(20)8-10(14)9-31-16)26(25-18)12-3-5-13(6-4-12)32(24,28)29/h2-8,25H,9H2,1H3,(H2,24,28,29). The van der Waals surface area contributed by atoms with Crippen molar-refractivity contribution < 1.29 is 35.5 Å². The number of rotatable bonds is 3. The molecule has 1 unspecified atom stereocenters. The molecule has 2 heterocycles. The van der Waals surface area contributed by atoms with Gasteiger partial charge in [-0.25, -0.2) is 22.7 Å². The van der Waals surface area contributed by atoms with Crippen molar-refractivity contribution in [3.05, 3.63) is 64.3 Å². The molecule has 7 nitrogen and oxygen atoms in total. The van der Waals surface area contributed by atoms with E-state index in [0.29, 0.717) is 11.1 Å². The van der Waals surface area contributed by atoms with Crippen LogP contribution in [0.15, 0.2) is 52.3 Å². The van der Waals surface area contributed by atoms with Crippen LogP contribution in [0.4, 0.5) is 23.2 Å². The van der Waals surface area contributed by atoms with Crippen molar-refractivity contribution in [3.63, 3.8) is 0 Å². The van der Waals surface area contributed by atoms with E-state index in [9.17, 15) is 30.8 Å². The Balaban J connectivity index is 1.96. The molecule has 32 heavy (non-hydrogen) atoms. The number of hydrogen-bond acceptors (Lipinski definition) is 7. The zero-order valence-corrected chi connectivity index (χ0v) is 17.9. The Bertz CT molecular complexity index is 1250. The number of benzene rings is 2. The molecule has 2 aromatic rings. The second-order valence-corrected chi connectivity index (χ2v) is 9.54. The molecule has 3 N–H and O–H groups in total. The number of primary sulfonamides is 1. The Kier molecular flexibility index (Phi) is 5.27. The molecule has 0 fully saturated rings. The van der Waals surface area contributed by atoms with Gasteiger partial charge in [0.25, 0.3) is 5.54 Å². The third-order valence-electron chi connectivity index (χ3n) is 5.09. The number of methoxy groups -OCH3 is 1. The first-order chi connectivity index (χ1) is 14.9. The van der Waals surface area contributed by atoms with Crippen molar-refractivity contribution in [2.45, 2.75) is 22.4 Å². The predicted molar refractivity (Wildman–Crippen MR) is 109 cm³/mol. The largest absolute Gasteiger partial charge is 0.467 e. The highest BCUT2D eigenvalue weighted by atomic mass is 32.2. The van der Waals surface area contributed by atoms with E-state index < -0.39 is 33.5 Å². The van der Waals surface area contributed by atoms with Crippen LogP contribution in [-0.2, 0) is 25.3 Å². The number of nitrogens with one attached hydrogen (secondary N) is 1. The van der Waals surface area contributed by atoms with Gasteiger partial charge in [0.15, 0.2) is 0 Å². The van der Waals surface area contributed by atoms with Crippen molar-refractivity contribution in [1.82, 2.24) is 5.43 Å². The SMILES string of the molecule is COC(=O)C1(C(F)(F)F)NN(c2ccc(S(N)(=O)=O)cc2)C2=C1SCc1cc(F)ccc12. The zero-order valence-electron chi connectivity index (χ0n) is 16.2. The molecule has 170 valence electrons. The minimum Gasteiger partial charge on any atom is -0.467 e. The number of sulfonamides is 1. The molecule has 2 aliphatic heterocycles. The summed E-state index contributed by atoms with van der Waals surface area (Å²) in [6.07, 6.45) is -5.10. The highest BCUT2D eigenvalue weighted by Gasteiger charge is 2.69. The van der Waals surface area contributed by atoms with Crippen LogP contribution in [0.25, 0.3) is 5.70 Å². The average Bonchev–Trinajstić information content (AvgIpc) is 3.09. The number of nitrogens with two attached hydrogens (primary N) is 1. The smallest absolute Gasteiger partial charge is 0.424 e. The minimum atomic E-state index is -5.10. The van der Waals surface area contributed by atoms with Gasteiger partial charge in [-0.05, 0) is 48.0 Å². The number of hydrazine groups is 1. The van der Waals surface area contributed by atoms with Crippen LogP contribution in [0.5, 0.6) is 0 Å². The van der Waals surface area contributed by atoms with Gasteiger partial charge in [0.05, 0.1) is 28.3 Å². The lowest BCUT2D eigenvalue weighted by Crippen LogP contribution is -2.63. The lowest BCUT2D eigenvalue weighted by Gasteiger charge is -2.32. The summed E-state index contributed by atoms with van der Waals surface area (Å²) in [4.78, 5) is 11.9. The third kappa shape index (κ3) is 3.36. The highest BCUT2D eigenvalue weighted by Crippen LogP contribution is 2.54. The summed E-state index contributed by atoms with van der Waals surface area (Å²) in [5, 5.41) is 6.11. The number of alkyl halides is 3. The molecule has 0 spiro atoms. The van der Waals surface area contributed by atoms with E-state index in [-0.39, 0.29) is 26.9 Å². The molecule has 0 saturated heterocycles. The summed E-state index contributed by atoms with van der Waals surface area (Å²) < 4.78 is 84.5. The molecule has 4 rings (SSSR count). The molecule has 13 heteroatoms. The summed E-state index contributed by atoms with van der Waals surface area (Å²) in [7, 11) is -3.19. The van der Waals surface area contributed by atoms with E-state index in [0.717, 1.165) is 42.1 Å². The Morgan fingerprint density at radius 3 is 2.44 bits per heavy atom. The van der Waals surface area contributed by atoms with E-state index >= 15 is 0 Å². The van der Waals surface area contributed by atoms with Crippen molar-refractivity contribution in [3.8, 4) is 0 Å². The number of carbonyl (C=O) groups is 1. The topological polar surface area (TPSA) is 102 Å². The maximum Gasteiger partial charge on any atom is 0.424 e. The number of hydrogen-bond donors (Lipinski definition) is 2. The van der Waals surface area contributed by atoms with Gasteiger partial charge in [0.1, 0.15) is 5.82 Å². The first kappa shape index (κ1) is 22.6. The Hall–Kier alpha value is -2.61. The molecule has 2 aromatic carbocycles. The maximum atomic E-state index is 14.4. The molecule has 0 radical (unpaired) electrons. The fourth-order valence-corrected chi connectivity index (χ4v) is 5.47. The van der Waals surface area contributed by atoms with E-state index in [2.05, 4.69) is 10.2 Å². The van der Waals surface area contributed by atoms with Crippen molar-refractivity contribution in [2.75, 3.05) is 12.1 Å². The summed E-state index contributed by atoms with van der Waals surface area (Å²) in [6.45, 7) is 0. The molecule has 0 bridgehead atoms. The summed E-state index contributed by atoms with van der Waals surface area (Å²) in [6, 6.07) is 8.37. The van der Waals surface area contributed by atoms with Gasteiger partial charge >= 0.3 is 12.1 Å². The normalized spacial score (nSPS) is 20.8. The number of thioether (sulfide) groups is 1. The minimum absolute atomic E-state index is 0.000621. The number of anilines is 1. The molecular formula is C19H15F4N3O4S2. The van der Waals surface area contributed by atoms with Gasteiger partial charge in [0, 0.05) is 11.3 Å². The molecule has 1 atom stereocenters. The summed E-state index contributed by atoms with van der Waals surface area (Å²) in [5.41, 5.74) is -0.162. The number of fused-ring (bicyclic) bond motifs is 2. The molecule has 0 aliphatic carbocycles. The predicted octanol–water partition coefficient (Wildman–Crippen LogP) is 2.89. The number of nitrogens with zero attached hydrogens (tertiary/aromatic N) is 1. The Morgan fingerprint density at radius 1 is 1.22 bits per heavy atom. The quantitative estimate of drug-likeness (QED) is 0.505. The second kappa shape index (κ2) is 7.47. The number of ether oxygens (including phenoxy) is 1. The molecular weight excluding hydrogens is 474 g/mol. The van der Waals surface area contributed by atoms with Crippen LogP contribution in [0.3, 0.4) is 0 Å². The average molecular weight is 489 g/mol. The van der Waals surface area contributed by atoms with Gasteiger partial charge in [-0.1, -0.05) is 0 Å². The fourth-order valence-electron chi connectivity index (χ4n) is 3.61. The maximum absolute atomic E-state index is 14.4. The third-order valence-corrected chi connectivity index (χ3v) is 7.27. The fraction of sp³-hybridized carbons (Fsp3) is 0.211. The van der Waals surface area contributed by atoms with E-state index in [4.69, 9.17) is 5.14 Å². The molecule has 0 aromatic heterocycles. The van der Waals surface area contributed by atoms with Crippen LogP contribution in [0.1, 0.15) is 11.1 Å². The van der Waals surface area contributed by atoms with Crippen LogP contribution in [0.2, 0.25) is 0 Å². The number of halogens is 4. The lowest BCUT2D eigenvalue weighted by molar-refractivity contribution is -0.200. The number of esters is 1. The van der Waals surface area contributed by atoms with Crippen LogP contribution in [0, 0.1) is 5.82 Å². The first-order valence-electron chi connectivity index (χ1n) is 8.92. The van der Waals surface area contributed by atoms with Crippen LogP contribution >= 0.6 is 11.8 Å². The lowest BCUT2D eigenvalue weighted by atomic mass is 9.95. The monoisotopic (exact) mass is 489 g/mol. The van der Waals surface area contributed by atoms with Crippen LogP contribution < -0.4 is 15.6 Å². The van der Waals surface area contributed by atoms with E-state index in [1.165, 1.54) is 24.3 Å². The van der Waals surface area contributed by atoms with Gasteiger partial charge in [-0.2, -0.15) is 18.6 Å². The summed E-state index contributed by atoms with van der Waals surface area (Å²) >= 11 is 0.741. The van der Waals surface area contributed by atoms with Crippen molar-refractivity contribution >= 4 is 39.1 Å². The molecule has 2 aliphatic rings. The van der Waals surface area contributed by atoms with Gasteiger partial charge < -0.3 is 4.74 Å². The Morgan fingerprint density at radius 2 is 1.88 bits per heavy atom. The molecule has 0 saturated carbocycles. The highest BCUT2D eigenvalue weighted by molar-refractivity contribution is 8.02. The first-order valence-corrected chi connectivity index (χ1v) is 11.5. The van der Waals surface area contributed by atoms with E-state index in [1.807, 2.05) is 0 Å². The summed E-state index contributed by atoms with van der Waals surface area (Å²) in [5.74, 6) is -2.13. The zero-order chi connectivity index (χ0) is 23.5. The van der Waals surface area contributed by atoms with Gasteiger partial charge in [0.2, 0.25) is 10.0 Å². The van der Waals surface area contributed by atoms with E-state index in [1.54, 1.807) is 0 Å². The van der Waals surface area contributed by atoms with Gasteiger partial charge in [-0.15, -0.1) is 11.8 Å². The Labute approximate surface area is 184 Å². The van der Waals surface area contributed by atoms with Crippen molar-refractivity contribution in [2.24, 2.45) is 5.14 Å². The molecule has 0 amide bonds. The van der Waals surface area contributed by atoms with Crippen LogP contribution in [-0.4, -0.2) is 33.2 Å². The second-order valence-electron chi connectivity index (χ2n) is 6.99.